The molecular weight excluding hydrogens is 652 g/mol. The minimum Gasteiger partial charge on any atom is -0.465 e. The predicted octanol–water partition coefficient (Wildman–Crippen LogP) is 8.58. The largest absolute Gasteiger partial charge is 0.465 e. The van der Waals surface area contributed by atoms with Gasteiger partial charge < -0.3 is 9.64 Å². The molecule has 7 aromatic rings. The normalized spacial score (nSPS) is 11.3. The van der Waals surface area contributed by atoms with Crippen molar-refractivity contribution in [1.29, 1.82) is 0 Å². The second kappa shape index (κ2) is 15.2. The molecule has 0 amide bonds. The number of tetrazole rings is 1. The number of rotatable bonds is 12. The number of benzene rings is 5. The smallest absolute Gasteiger partial charge is 0.341 e. The molecule has 0 bridgehead atoms. The molecule has 0 aliphatic rings. The molecule has 5 aromatic carbocycles. The van der Waals surface area contributed by atoms with Crippen molar-refractivity contribution in [3.05, 3.63) is 185 Å². The van der Waals surface area contributed by atoms with Crippen molar-refractivity contribution < 1.29 is 13.9 Å². The Bertz CT molecular complexity index is 2160. The molecule has 0 saturated carbocycles. The maximum absolute atomic E-state index is 14.3. The lowest BCUT2D eigenvalue weighted by Gasteiger charge is -2.36. The van der Waals surface area contributed by atoms with Gasteiger partial charge in [-0.05, 0) is 62.4 Å². The SMILES string of the molecule is CCCN(Cc1ccc(-c2ccccc2-c2nnnn2C(c2ccccc2)(c2ccccc2)c2ccccc2)cc1)c1nc(F)ccc1C(=O)OC. The van der Waals surface area contributed by atoms with Crippen LogP contribution < -0.4 is 4.90 Å². The number of nitrogens with zero attached hydrogens (tertiary/aromatic N) is 6. The number of methoxy groups -OCH3 is 1. The van der Waals surface area contributed by atoms with E-state index in [4.69, 9.17) is 9.95 Å². The van der Waals surface area contributed by atoms with Crippen molar-refractivity contribution in [2.24, 2.45) is 0 Å². The van der Waals surface area contributed by atoms with E-state index in [9.17, 15) is 9.18 Å². The van der Waals surface area contributed by atoms with Crippen molar-refractivity contribution in [2.75, 3.05) is 18.6 Å². The number of esters is 1. The summed E-state index contributed by atoms with van der Waals surface area (Å²) < 4.78 is 21.2. The number of hydrogen-bond acceptors (Lipinski definition) is 7. The summed E-state index contributed by atoms with van der Waals surface area (Å²) >= 11 is 0. The van der Waals surface area contributed by atoms with Crippen LogP contribution >= 0.6 is 0 Å². The number of hydrogen-bond donors (Lipinski definition) is 0. The van der Waals surface area contributed by atoms with Gasteiger partial charge in [-0.15, -0.1) is 5.10 Å². The van der Waals surface area contributed by atoms with Gasteiger partial charge in [-0.3, -0.25) is 0 Å². The zero-order valence-electron chi connectivity index (χ0n) is 28.9. The lowest BCUT2D eigenvalue weighted by Crippen LogP contribution is -2.39. The Hall–Kier alpha value is -6.48. The summed E-state index contributed by atoms with van der Waals surface area (Å²) in [6, 6.07) is 49.9. The van der Waals surface area contributed by atoms with E-state index in [-0.39, 0.29) is 11.4 Å². The van der Waals surface area contributed by atoms with E-state index in [1.54, 1.807) is 0 Å². The van der Waals surface area contributed by atoms with Gasteiger partial charge in [0.25, 0.3) is 0 Å². The van der Waals surface area contributed by atoms with E-state index in [2.05, 4.69) is 69.9 Å². The molecule has 9 heteroatoms. The van der Waals surface area contributed by atoms with Crippen LogP contribution in [-0.4, -0.2) is 44.8 Å². The molecule has 0 fully saturated rings. The maximum Gasteiger partial charge on any atom is 0.341 e. The molecule has 52 heavy (non-hydrogen) atoms. The van der Waals surface area contributed by atoms with Crippen molar-refractivity contribution in [1.82, 2.24) is 25.2 Å². The van der Waals surface area contributed by atoms with Crippen LogP contribution in [-0.2, 0) is 16.8 Å². The molecular formula is C43H37FN6O2. The van der Waals surface area contributed by atoms with Gasteiger partial charge >= 0.3 is 5.97 Å². The highest BCUT2D eigenvalue weighted by Gasteiger charge is 2.42. The summed E-state index contributed by atoms with van der Waals surface area (Å²) in [4.78, 5) is 18.5. The zero-order valence-corrected chi connectivity index (χ0v) is 28.9. The van der Waals surface area contributed by atoms with Crippen LogP contribution in [0.4, 0.5) is 10.2 Å². The van der Waals surface area contributed by atoms with Gasteiger partial charge in [0.15, 0.2) is 5.82 Å². The molecule has 0 aliphatic heterocycles. The number of pyridine rings is 1. The van der Waals surface area contributed by atoms with Gasteiger partial charge in [-0.1, -0.05) is 146 Å². The topological polar surface area (TPSA) is 86.0 Å². The molecule has 258 valence electrons. The average Bonchev–Trinajstić information content (AvgIpc) is 3.69. The van der Waals surface area contributed by atoms with Crippen LogP contribution in [0.5, 0.6) is 0 Å². The summed E-state index contributed by atoms with van der Waals surface area (Å²) in [5.74, 6) is -0.353. The van der Waals surface area contributed by atoms with Crippen molar-refractivity contribution in [2.45, 2.75) is 25.4 Å². The van der Waals surface area contributed by atoms with Gasteiger partial charge in [-0.25, -0.2) is 14.5 Å². The van der Waals surface area contributed by atoms with E-state index in [1.165, 1.54) is 19.2 Å². The minimum atomic E-state index is -0.893. The summed E-state index contributed by atoms with van der Waals surface area (Å²) in [6.45, 7) is 3.02. The molecule has 0 spiro atoms. The number of aromatic nitrogens is 5. The third-order valence-corrected chi connectivity index (χ3v) is 9.21. The lowest BCUT2D eigenvalue weighted by molar-refractivity contribution is 0.0601. The standard InChI is InChI=1S/C43H37FN6O2/c1-3-29-49(40-38(42(51)52-2)27-28-39(44)45-40)30-31-23-25-32(26-24-31)36-21-13-14-22-37(36)41-46-47-48-50(41)43(33-15-7-4-8-16-33,34-17-9-5-10-18-34)35-19-11-6-12-20-35/h4-28H,3,29-30H2,1-2H3. The monoisotopic (exact) mass is 688 g/mol. The van der Waals surface area contributed by atoms with Crippen LogP contribution in [0.15, 0.2) is 152 Å². The van der Waals surface area contributed by atoms with E-state index in [0.717, 1.165) is 45.4 Å². The number of carbonyl (C=O) groups is 1. The molecule has 0 aliphatic carbocycles. The van der Waals surface area contributed by atoms with Crippen molar-refractivity contribution >= 4 is 11.8 Å². The summed E-state index contributed by atoms with van der Waals surface area (Å²) in [7, 11) is 1.31. The summed E-state index contributed by atoms with van der Waals surface area (Å²) in [6.07, 6.45) is 0.773. The van der Waals surface area contributed by atoms with E-state index in [0.29, 0.717) is 18.9 Å². The maximum atomic E-state index is 14.3. The fraction of sp³-hybridized carbons (Fsp3) is 0.140. The second-order valence-corrected chi connectivity index (χ2v) is 12.4. The molecule has 0 unspecified atom stereocenters. The number of carbonyl (C=O) groups excluding carboxylic acids is 1. The lowest BCUT2D eigenvalue weighted by atomic mass is 9.77. The fourth-order valence-corrected chi connectivity index (χ4v) is 6.89. The molecule has 0 radical (unpaired) electrons. The van der Waals surface area contributed by atoms with Gasteiger partial charge in [-0.2, -0.15) is 4.39 Å². The molecule has 7 rings (SSSR count). The van der Waals surface area contributed by atoms with Gasteiger partial charge in [0.05, 0.1) is 7.11 Å². The first-order valence-corrected chi connectivity index (χ1v) is 17.2. The third kappa shape index (κ3) is 6.44. The molecule has 0 atom stereocenters. The highest BCUT2D eigenvalue weighted by atomic mass is 19.1. The van der Waals surface area contributed by atoms with Gasteiger partial charge in [0, 0.05) is 18.7 Å². The Balaban J connectivity index is 1.31. The molecule has 0 saturated heterocycles. The van der Waals surface area contributed by atoms with Gasteiger partial charge in [0.2, 0.25) is 5.95 Å². The Kier molecular flexibility index (Phi) is 9.93. The van der Waals surface area contributed by atoms with Gasteiger partial charge in [0.1, 0.15) is 16.9 Å². The first-order chi connectivity index (χ1) is 25.5. The number of anilines is 1. The quantitative estimate of drug-likeness (QED) is 0.0722. The van der Waals surface area contributed by atoms with Crippen LogP contribution in [0.3, 0.4) is 0 Å². The van der Waals surface area contributed by atoms with Crippen molar-refractivity contribution in [3.8, 4) is 22.5 Å². The Morgan fingerprint density at radius 2 is 1.29 bits per heavy atom. The molecule has 2 heterocycles. The summed E-state index contributed by atoms with van der Waals surface area (Å²) in [5.41, 5.74) is 6.14. The Labute approximate surface area is 302 Å². The highest BCUT2D eigenvalue weighted by Crippen LogP contribution is 2.43. The average molecular weight is 689 g/mol. The molecule has 2 aromatic heterocycles. The number of ether oxygens (including phenoxy) is 1. The second-order valence-electron chi connectivity index (χ2n) is 12.4. The van der Waals surface area contributed by atoms with Crippen molar-refractivity contribution in [3.63, 3.8) is 0 Å². The first-order valence-electron chi connectivity index (χ1n) is 17.2. The van der Waals surface area contributed by atoms with E-state index < -0.39 is 17.5 Å². The Morgan fingerprint density at radius 3 is 1.85 bits per heavy atom. The van der Waals surface area contributed by atoms with Crippen LogP contribution in [0, 0.1) is 5.95 Å². The van der Waals surface area contributed by atoms with E-state index in [1.807, 2.05) is 101 Å². The minimum absolute atomic E-state index is 0.221. The molecule has 8 nitrogen and oxygen atoms in total. The summed E-state index contributed by atoms with van der Waals surface area (Å²) in [5, 5.41) is 13.7. The molecule has 0 N–H and O–H groups in total. The highest BCUT2D eigenvalue weighted by molar-refractivity contribution is 5.94. The van der Waals surface area contributed by atoms with Crippen LogP contribution in [0.1, 0.15) is 46.0 Å². The van der Waals surface area contributed by atoms with Crippen LogP contribution in [0.25, 0.3) is 22.5 Å². The van der Waals surface area contributed by atoms with E-state index >= 15 is 0 Å². The first kappa shape index (κ1) is 34.0. The van der Waals surface area contributed by atoms with Crippen LogP contribution in [0.2, 0.25) is 0 Å². The third-order valence-electron chi connectivity index (χ3n) is 9.21. The fourth-order valence-electron chi connectivity index (χ4n) is 6.89. The zero-order chi connectivity index (χ0) is 35.9. The Morgan fingerprint density at radius 1 is 0.731 bits per heavy atom. The number of halogens is 1. The predicted molar refractivity (Wildman–Crippen MR) is 200 cm³/mol.